The van der Waals surface area contributed by atoms with E-state index in [1.807, 2.05) is 5.38 Å². The van der Waals surface area contributed by atoms with Crippen LogP contribution in [0.4, 0.5) is 26.3 Å². The first-order chi connectivity index (χ1) is 31.1. The van der Waals surface area contributed by atoms with Crippen molar-refractivity contribution in [3.8, 4) is 33.2 Å². The number of unbranched alkanes of at least 4 members (excludes halogenated alkanes) is 3. The van der Waals surface area contributed by atoms with Gasteiger partial charge in [-0.3, -0.25) is 34.7 Å². The number of thiophene rings is 1. The molecule has 0 amide bonds. The zero-order chi connectivity index (χ0) is 47.8. The van der Waals surface area contributed by atoms with E-state index in [-0.39, 0.29) is 84.1 Å². The Hall–Kier alpha value is -6.86. The average Bonchev–Trinajstić information content (AvgIpc) is 3.74. The summed E-state index contributed by atoms with van der Waals surface area (Å²) in [4.78, 5) is 48.9. The predicted octanol–water partition coefficient (Wildman–Crippen LogP) is 12.1. The number of alkyl halides is 3. The number of nitrogens with one attached hydrogen (secondary N) is 2. The Bertz CT molecular complexity index is 2510. The largest absolute Gasteiger partial charge is 2.00 e. The summed E-state index contributed by atoms with van der Waals surface area (Å²) in [7, 11) is 0. The van der Waals surface area contributed by atoms with E-state index in [1.54, 1.807) is 23.5 Å². The number of hydrogen-bond acceptors (Lipinski definition) is 13. The Morgan fingerprint density at radius 3 is 1.74 bits per heavy atom. The van der Waals surface area contributed by atoms with Crippen LogP contribution in [0.25, 0.3) is 68.3 Å². The van der Waals surface area contributed by atoms with Crippen LogP contribution in [0.3, 0.4) is 0 Å². The van der Waals surface area contributed by atoms with Gasteiger partial charge in [0, 0.05) is 47.4 Å². The Morgan fingerprint density at radius 1 is 0.773 bits per heavy atom. The fraction of sp³-hybridized carbons (Fsp3) is 0.159. The maximum atomic E-state index is 13.9. The molecule has 0 atom stereocenters. The molecule has 0 unspecified atom stereocenters. The van der Waals surface area contributed by atoms with Crippen molar-refractivity contribution in [2.45, 2.75) is 45.2 Å². The Labute approximate surface area is 396 Å². The van der Waals surface area contributed by atoms with Crippen LogP contribution in [0.15, 0.2) is 103 Å². The summed E-state index contributed by atoms with van der Waals surface area (Å²) in [5, 5.41) is 17.5. The third-order valence-corrected chi connectivity index (χ3v) is 9.21. The fourth-order valence-corrected chi connectivity index (χ4v) is 6.38. The molecule has 5 aromatic rings. The SMILES string of the molecule is CCCCCCc1ccsc1-c1ccnc(/C([NH-])=C/C(=N)C(F)(F)F)c1.O=CO/C(F)=C/c1ccnc(-c2cc(/C=C(\F)OC=O)cc(-c3cc(/C=C(\F)OC=O)ccn3)n2)c1.[N-]=C=S.[Ru+2]. The van der Waals surface area contributed by atoms with Crippen molar-refractivity contribution in [1.29, 1.82) is 5.41 Å². The third-order valence-electron chi connectivity index (χ3n) is 8.20. The van der Waals surface area contributed by atoms with E-state index < -0.39 is 35.6 Å². The average molecular weight is 1040 g/mol. The molecule has 0 bridgehead atoms. The number of isothiocyanates is 1. The molecule has 344 valence electrons. The number of thiocarbonyl (C=S) groups is 1. The summed E-state index contributed by atoms with van der Waals surface area (Å²) in [5.74, 6) is 0. The second kappa shape index (κ2) is 28.8. The Balaban J connectivity index is 0.000000441. The molecule has 0 saturated heterocycles. The topological polar surface area (TPSA) is 200 Å². The van der Waals surface area contributed by atoms with Gasteiger partial charge in [0.25, 0.3) is 37.5 Å². The smallest absolute Gasteiger partial charge is 0.753 e. The Kier molecular flexibility index (Phi) is 24.1. The van der Waals surface area contributed by atoms with E-state index in [9.17, 15) is 40.7 Å². The molecule has 0 fully saturated rings. The van der Waals surface area contributed by atoms with Gasteiger partial charge < -0.3 is 25.4 Å². The molecule has 0 radical (unpaired) electrons. The number of carbonyl (C=O) groups is 3. The molecule has 66 heavy (non-hydrogen) atoms. The number of ether oxygens (including phenoxy) is 3. The van der Waals surface area contributed by atoms with Gasteiger partial charge >= 0.3 is 25.7 Å². The molecule has 0 aliphatic carbocycles. The van der Waals surface area contributed by atoms with Crippen molar-refractivity contribution in [2.75, 3.05) is 0 Å². The molecule has 13 nitrogen and oxygen atoms in total. The van der Waals surface area contributed by atoms with E-state index in [4.69, 9.17) is 16.6 Å². The predicted molar refractivity (Wildman–Crippen MR) is 237 cm³/mol. The van der Waals surface area contributed by atoms with E-state index >= 15 is 0 Å². The molecule has 0 spiro atoms. The van der Waals surface area contributed by atoms with E-state index in [0.717, 1.165) is 41.5 Å². The van der Waals surface area contributed by atoms with Crippen molar-refractivity contribution < 1.29 is 74.4 Å². The summed E-state index contributed by atoms with van der Waals surface area (Å²) < 4.78 is 90.9. The fourth-order valence-electron chi connectivity index (χ4n) is 5.43. The molecule has 22 heteroatoms. The molecule has 0 saturated carbocycles. The molecule has 2 N–H and O–H groups in total. The van der Waals surface area contributed by atoms with Gasteiger partial charge in [-0.15, -0.1) is 17.0 Å². The van der Waals surface area contributed by atoms with Crippen LogP contribution in [0.5, 0.6) is 0 Å². The molecular weight excluding hydrogens is 1000 g/mol. The van der Waals surface area contributed by atoms with Crippen LogP contribution >= 0.6 is 23.6 Å². The summed E-state index contributed by atoms with van der Waals surface area (Å²) in [6, 6.07) is 10.5. The number of carbonyl (C=O) groups excluding carboxylic acids is 3. The van der Waals surface area contributed by atoms with Gasteiger partial charge in [-0.05, 0) is 107 Å². The molecule has 0 aliphatic rings. The van der Waals surface area contributed by atoms with Gasteiger partial charge in [-0.25, -0.2) is 4.98 Å². The number of rotatable bonds is 19. The minimum Gasteiger partial charge on any atom is -0.753 e. The molecule has 5 rings (SSSR count). The van der Waals surface area contributed by atoms with E-state index in [0.29, 0.717) is 6.08 Å². The van der Waals surface area contributed by atoms with Gasteiger partial charge in [0.05, 0.1) is 22.8 Å². The monoisotopic (exact) mass is 1040 g/mol. The third kappa shape index (κ3) is 18.7. The van der Waals surface area contributed by atoms with Gasteiger partial charge in [-0.2, -0.15) is 31.5 Å². The van der Waals surface area contributed by atoms with E-state index in [1.165, 1.54) is 85.0 Å². The van der Waals surface area contributed by atoms with Gasteiger partial charge in [-0.1, -0.05) is 38.4 Å². The van der Waals surface area contributed by atoms with Crippen LogP contribution in [0, 0.1) is 5.41 Å². The van der Waals surface area contributed by atoms with Crippen LogP contribution in [-0.4, -0.2) is 56.4 Å². The molecule has 5 heterocycles. The first kappa shape index (κ1) is 55.3. The van der Waals surface area contributed by atoms with Crippen LogP contribution in [0.1, 0.15) is 60.6 Å². The quantitative estimate of drug-likeness (QED) is 0.0121. The summed E-state index contributed by atoms with van der Waals surface area (Å²) in [6.07, 6.45) is 8.31. The first-order valence-electron chi connectivity index (χ1n) is 18.7. The van der Waals surface area contributed by atoms with Gasteiger partial charge in [0.2, 0.25) is 0 Å². The van der Waals surface area contributed by atoms with Crippen LogP contribution < -0.4 is 0 Å². The standard InChI is InChI=1S/C24H14F3N3O6.C19H21F3N3S.CNS.Ru/c25-22(34-12-31)9-15-1-3-28-18(5-15)20-7-17(11-24(27)36-14-33)8-21(30-20)19-6-16(2-4-29-19)10-23(26)35-13-32;1-2-3-4-5-6-13-8-10-26-18(13)14-7-9-25-16(11-14)15(23)12-17(24)19(20,21)22;2-1-3;/h1-14H;7-12,23-24H,2-6H2,1H3;;/q;2*-1;+2/b22-9+,23-10+,24-11+;15-12-,24-17?;;. The summed E-state index contributed by atoms with van der Waals surface area (Å²) >= 11 is 5.27. The molecule has 5 aromatic heterocycles. The minimum atomic E-state index is -4.76. The molecule has 0 aromatic carbocycles. The maximum Gasteiger partial charge on any atom is 2.00 e. The summed E-state index contributed by atoms with van der Waals surface area (Å²) in [5.41, 5.74) is 9.56. The number of hydrogen-bond donors (Lipinski definition) is 1. The first-order valence-corrected chi connectivity index (χ1v) is 20.0. The number of pyridine rings is 4. The number of allylic oxidation sites excluding steroid dienone is 1. The number of aromatic nitrogens is 4. The van der Waals surface area contributed by atoms with E-state index in [2.05, 4.69) is 59.4 Å². The van der Waals surface area contributed by atoms with Gasteiger partial charge in [0.15, 0.2) is 0 Å². The van der Waals surface area contributed by atoms with Crippen molar-refractivity contribution in [2.24, 2.45) is 0 Å². The van der Waals surface area contributed by atoms with Crippen LogP contribution in [-0.2, 0) is 54.5 Å². The van der Waals surface area contributed by atoms with Gasteiger partial charge in [0.1, 0.15) is 5.71 Å². The van der Waals surface area contributed by atoms with Crippen molar-refractivity contribution >= 4 is 77.8 Å². The Morgan fingerprint density at radius 2 is 1.26 bits per heavy atom. The zero-order valence-electron chi connectivity index (χ0n) is 34.2. The van der Waals surface area contributed by atoms with Crippen LogP contribution in [0.2, 0.25) is 0 Å². The molecular formula is C44H35F6N7O6RuS2. The van der Waals surface area contributed by atoms with Crippen molar-refractivity contribution in [3.63, 3.8) is 0 Å². The van der Waals surface area contributed by atoms with Crippen molar-refractivity contribution in [1.82, 2.24) is 19.9 Å². The van der Waals surface area contributed by atoms with Crippen molar-refractivity contribution in [3.05, 3.63) is 142 Å². The number of aryl methyl sites for hydroxylation is 1. The summed E-state index contributed by atoms with van der Waals surface area (Å²) in [6.45, 7) is 1.94. The normalized spacial score (nSPS) is 11.6. The molecule has 0 aliphatic heterocycles. The number of halogens is 6. The minimum absolute atomic E-state index is 0. The zero-order valence-corrected chi connectivity index (χ0v) is 37.6. The second-order valence-electron chi connectivity index (χ2n) is 12.7. The maximum absolute atomic E-state index is 13.9. The number of nitrogens with zero attached hydrogens (tertiary/aromatic N) is 5. The second-order valence-corrected chi connectivity index (χ2v) is 13.8.